The van der Waals surface area contributed by atoms with Crippen molar-refractivity contribution in [1.82, 2.24) is 0 Å². The first-order chi connectivity index (χ1) is 8.04. The molecule has 1 rings (SSSR count). The summed E-state index contributed by atoms with van der Waals surface area (Å²) < 4.78 is 18.1. The van der Waals surface area contributed by atoms with E-state index in [1.165, 1.54) is 13.2 Å². The third-order valence-electron chi connectivity index (χ3n) is 2.40. The number of carbonyl (C=O) groups excluding carboxylic acids is 1. The number of ether oxygens (including phenoxy) is 1. The molecule has 0 aliphatic carbocycles. The number of hydrogen-bond acceptors (Lipinski definition) is 3. The summed E-state index contributed by atoms with van der Waals surface area (Å²) in [5.41, 5.74) is 0.323. The molecule has 0 amide bonds. The zero-order valence-electron chi connectivity index (χ0n) is 10.4. The highest BCUT2D eigenvalue weighted by atomic mass is 19.1. The number of halogens is 1. The summed E-state index contributed by atoms with van der Waals surface area (Å²) in [6, 6.07) is 5.76. The van der Waals surface area contributed by atoms with Crippen molar-refractivity contribution < 1.29 is 13.9 Å². The Hall–Kier alpha value is -1.58. The van der Waals surface area contributed by atoms with Crippen LogP contribution >= 0.6 is 0 Å². The van der Waals surface area contributed by atoms with E-state index in [2.05, 4.69) is 5.32 Å². The van der Waals surface area contributed by atoms with Gasteiger partial charge in [-0.2, -0.15) is 0 Å². The van der Waals surface area contributed by atoms with Crippen LogP contribution in [-0.4, -0.2) is 19.1 Å². The van der Waals surface area contributed by atoms with Gasteiger partial charge in [0.05, 0.1) is 12.8 Å². The number of anilines is 1. The fraction of sp³-hybridized carbons (Fsp3) is 0.462. The predicted octanol–water partition coefficient (Wildman–Crippen LogP) is 2.83. The summed E-state index contributed by atoms with van der Waals surface area (Å²) >= 11 is 0. The molecule has 17 heavy (non-hydrogen) atoms. The van der Waals surface area contributed by atoms with Crippen LogP contribution in [0, 0.1) is 11.7 Å². The highest BCUT2D eigenvalue weighted by Gasteiger charge is 2.21. The number of esters is 1. The third-order valence-corrected chi connectivity index (χ3v) is 2.40. The Kier molecular flexibility index (Phi) is 4.94. The van der Waals surface area contributed by atoms with Crippen molar-refractivity contribution >= 4 is 11.7 Å². The minimum atomic E-state index is -0.517. The zero-order valence-corrected chi connectivity index (χ0v) is 10.4. The first-order valence-corrected chi connectivity index (χ1v) is 5.63. The fourth-order valence-electron chi connectivity index (χ4n) is 1.59. The lowest BCUT2D eigenvalue weighted by Gasteiger charge is -2.19. The highest BCUT2D eigenvalue weighted by Crippen LogP contribution is 2.17. The molecule has 94 valence electrons. The second kappa shape index (κ2) is 6.23. The quantitative estimate of drug-likeness (QED) is 0.803. The number of nitrogens with one attached hydrogen (secondary N) is 1. The largest absolute Gasteiger partial charge is 0.467 e. The number of methoxy groups -OCH3 is 1. The highest BCUT2D eigenvalue weighted by molar-refractivity contribution is 5.79. The number of para-hydroxylation sites is 1. The Balaban J connectivity index is 2.79. The van der Waals surface area contributed by atoms with Crippen molar-refractivity contribution in [3.05, 3.63) is 30.1 Å². The maximum absolute atomic E-state index is 13.4. The summed E-state index contributed by atoms with van der Waals surface area (Å²) in [5.74, 6) is -0.425. The predicted molar refractivity (Wildman–Crippen MR) is 65.3 cm³/mol. The molecule has 1 N–H and O–H groups in total. The van der Waals surface area contributed by atoms with Gasteiger partial charge in [0.1, 0.15) is 11.9 Å². The molecule has 4 heteroatoms. The van der Waals surface area contributed by atoms with Crippen molar-refractivity contribution in [2.75, 3.05) is 12.4 Å². The van der Waals surface area contributed by atoms with E-state index in [0.717, 1.165) is 0 Å². The zero-order chi connectivity index (χ0) is 12.8. The average molecular weight is 239 g/mol. The first kappa shape index (κ1) is 13.5. The van der Waals surface area contributed by atoms with E-state index in [1.54, 1.807) is 18.2 Å². The maximum atomic E-state index is 13.4. The van der Waals surface area contributed by atoms with Crippen LogP contribution in [0.25, 0.3) is 0 Å². The maximum Gasteiger partial charge on any atom is 0.328 e. The summed E-state index contributed by atoms with van der Waals surface area (Å²) in [6.45, 7) is 4.00. The van der Waals surface area contributed by atoms with Gasteiger partial charge >= 0.3 is 5.97 Å². The van der Waals surface area contributed by atoms with Crippen molar-refractivity contribution in [2.24, 2.45) is 5.92 Å². The summed E-state index contributed by atoms with van der Waals surface area (Å²) in [5, 5.41) is 2.88. The second-order valence-corrected chi connectivity index (χ2v) is 4.33. The Bertz CT molecular complexity index is 379. The standard InChI is InChI=1S/C13H18FNO2/c1-9(2)8-12(13(16)17-3)15-11-7-5-4-6-10(11)14/h4-7,9,12,15H,8H2,1-3H3. The van der Waals surface area contributed by atoms with Crippen LogP contribution in [0.3, 0.4) is 0 Å². The molecular formula is C13H18FNO2. The molecule has 1 aromatic carbocycles. The van der Waals surface area contributed by atoms with Gasteiger partial charge < -0.3 is 10.1 Å². The summed E-state index contributed by atoms with van der Waals surface area (Å²) in [4.78, 5) is 11.6. The summed E-state index contributed by atoms with van der Waals surface area (Å²) in [7, 11) is 1.33. The molecule has 1 aromatic rings. The van der Waals surface area contributed by atoms with Crippen LogP contribution < -0.4 is 5.32 Å². The lowest BCUT2D eigenvalue weighted by Crippen LogP contribution is -2.32. The minimum Gasteiger partial charge on any atom is -0.467 e. The molecule has 0 heterocycles. The molecule has 0 bridgehead atoms. The van der Waals surface area contributed by atoms with Crippen molar-refractivity contribution in [2.45, 2.75) is 26.3 Å². The van der Waals surface area contributed by atoms with E-state index >= 15 is 0 Å². The van der Waals surface area contributed by atoms with E-state index < -0.39 is 6.04 Å². The molecule has 0 fully saturated rings. The van der Waals surface area contributed by atoms with Crippen LogP contribution in [-0.2, 0) is 9.53 Å². The number of rotatable bonds is 5. The molecule has 0 spiro atoms. The minimum absolute atomic E-state index is 0.318. The monoisotopic (exact) mass is 239 g/mol. The van der Waals surface area contributed by atoms with E-state index in [9.17, 15) is 9.18 Å². The smallest absolute Gasteiger partial charge is 0.328 e. The Morgan fingerprint density at radius 1 is 1.41 bits per heavy atom. The lowest BCUT2D eigenvalue weighted by atomic mass is 10.0. The van der Waals surface area contributed by atoms with Crippen molar-refractivity contribution in [1.29, 1.82) is 0 Å². The molecule has 0 saturated heterocycles. The van der Waals surface area contributed by atoms with E-state index in [1.807, 2.05) is 13.8 Å². The molecule has 0 aromatic heterocycles. The molecule has 0 aliphatic heterocycles. The number of hydrogen-bond donors (Lipinski definition) is 1. The molecule has 0 radical (unpaired) electrons. The van der Waals surface area contributed by atoms with Gasteiger partial charge in [-0.25, -0.2) is 9.18 Å². The molecule has 0 saturated carbocycles. The van der Waals surface area contributed by atoms with E-state index in [4.69, 9.17) is 4.74 Å². The van der Waals surface area contributed by atoms with Gasteiger partial charge in [-0.05, 0) is 24.5 Å². The Morgan fingerprint density at radius 3 is 2.59 bits per heavy atom. The van der Waals surface area contributed by atoms with Gasteiger partial charge in [0.15, 0.2) is 0 Å². The van der Waals surface area contributed by atoms with Crippen LogP contribution in [0.1, 0.15) is 20.3 Å². The normalized spacial score (nSPS) is 12.3. The van der Waals surface area contributed by atoms with Gasteiger partial charge in [-0.3, -0.25) is 0 Å². The van der Waals surface area contributed by atoms with Gasteiger partial charge in [0.25, 0.3) is 0 Å². The lowest BCUT2D eigenvalue weighted by molar-refractivity contribution is -0.141. The first-order valence-electron chi connectivity index (χ1n) is 5.63. The Morgan fingerprint density at radius 2 is 2.06 bits per heavy atom. The molecule has 3 nitrogen and oxygen atoms in total. The second-order valence-electron chi connectivity index (χ2n) is 4.33. The van der Waals surface area contributed by atoms with Crippen LogP contribution in [0.2, 0.25) is 0 Å². The van der Waals surface area contributed by atoms with Gasteiger partial charge in [0, 0.05) is 0 Å². The van der Waals surface area contributed by atoms with Crippen molar-refractivity contribution in [3.8, 4) is 0 Å². The molecular weight excluding hydrogens is 221 g/mol. The third kappa shape index (κ3) is 4.06. The van der Waals surface area contributed by atoms with Crippen LogP contribution in [0.5, 0.6) is 0 Å². The number of carbonyl (C=O) groups is 1. The Labute approximate surface area is 101 Å². The van der Waals surface area contributed by atoms with Gasteiger partial charge in [-0.15, -0.1) is 0 Å². The molecule has 1 atom stereocenters. The van der Waals surface area contributed by atoms with Crippen LogP contribution in [0.4, 0.5) is 10.1 Å². The van der Waals surface area contributed by atoms with Crippen molar-refractivity contribution in [3.63, 3.8) is 0 Å². The fourth-order valence-corrected chi connectivity index (χ4v) is 1.59. The summed E-state index contributed by atoms with van der Waals surface area (Å²) in [6.07, 6.45) is 0.598. The van der Waals surface area contributed by atoms with Crippen LogP contribution in [0.15, 0.2) is 24.3 Å². The average Bonchev–Trinajstić information content (AvgIpc) is 2.29. The van der Waals surface area contributed by atoms with Gasteiger partial charge in [0.2, 0.25) is 0 Å². The topological polar surface area (TPSA) is 38.3 Å². The molecule has 0 aliphatic rings. The van der Waals surface area contributed by atoms with Gasteiger partial charge in [-0.1, -0.05) is 26.0 Å². The SMILES string of the molecule is COC(=O)C(CC(C)C)Nc1ccccc1F. The molecule has 1 unspecified atom stereocenters. The van der Waals surface area contributed by atoms with E-state index in [-0.39, 0.29) is 11.8 Å². The number of benzene rings is 1. The van der Waals surface area contributed by atoms with E-state index in [0.29, 0.717) is 18.0 Å².